The third-order valence-corrected chi connectivity index (χ3v) is 7.15. The summed E-state index contributed by atoms with van der Waals surface area (Å²) in [6, 6.07) is 46.8. The second kappa shape index (κ2) is 13.0. The molecule has 7 aromatic rings. The second-order valence-electron chi connectivity index (χ2n) is 9.77. The Kier molecular flexibility index (Phi) is 8.40. The third kappa shape index (κ3) is 5.65. The molecule has 0 amide bonds. The zero-order chi connectivity index (χ0) is 30.2. The smallest absolute Gasteiger partial charge is 0.423 e. The van der Waals surface area contributed by atoms with Crippen molar-refractivity contribution in [2.75, 3.05) is 0 Å². The average Bonchev–Trinajstić information content (AvgIpc) is 3.82. The zero-order valence-corrected chi connectivity index (χ0v) is 23.5. The lowest BCUT2D eigenvalue weighted by molar-refractivity contribution is 0.395. The van der Waals surface area contributed by atoms with E-state index in [9.17, 15) is 10.0 Å². The van der Waals surface area contributed by atoms with Crippen LogP contribution in [0.1, 0.15) is 16.7 Å². The van der Waals surface area contributed by atoms with Gasteiger partial charge >= 0.3 is 7.12 Å². The van der Waals surface area contributed by atoms with Crippen LogP contribution in [0.4, 0.5) is 0 Å². The number of nitrogens with zero attached hydrogens (tertiary/aromatic N) is 7. The molecule has 11 heteroatoms. The Bertz CT molecular complexity index is 1790. The first-order chi connectivity index (χ1) is 21.7. The standard InChI is InChI=1S/C26H21BN4O2.C7H6N4/c32-27(33)24-19-11-10-18-23(24)25-28-30-31(29-25)26(20-12-4-1-5-13-20,21-14-6-2-7-15-21)22-16-8-3-9-17-22;1-2-4-6(5-3-1)7-8-10-11-9-7/h1-19,32-33H;1-5H,(H,8,9,10,11). The number of aromatic nitrogens is 8. The van der Waals surface area contributed by atoms with Gasteiger partial charge in [0.1, 0.15) is 0 Å². The fourth-order valence-electron chi connectivity index (χ4n) is 5.15. The Balaban J connectivity index is 0.000000261. The van der Waals surface area contributed by atoms with Crippen molar-refractivity contribution in [3.63, 3.8) is 0 Å². The Labute approximate surface area is 253 Å². The number of rotatable bonds is 7. The Morgan fingerprint density at radius 3 is 1.57 bits per heavy atom. The van der Waals surface area contributed by atoms with Gasteiger partial charge in [0.25, 0.3) is 0 Å². The summed E-state index contributed by atoms with van der Waals surface area (Å²) in [4.78, 5) is 1.61. The largest absolute Gasteiger partial charge is 0.489 e. The highest BCUT2D eigenvalue weighted by atomic mass is 16.4. The summed E-state index contributed by atoms with van der Waals surface area (Å²) in [7, 11) is -1.64. The van der Waals surface area contributed by atoms with Crippen LogP contribution in [0, 0.1) is 0 Å². The lowest BCUT2D eigenvalue weighted by Crippen LogP contribution is -2.39. The Morgan fingerprint density at radius 2 is 1.07 bits per heavy atom. The molecule has 0 bridgehead atoms. The van der Waals surface area contributed by atoms with E-state index in [2.05, 4.69) is 67.3 Å². The van der Waals surface area contributed by atoms with Crippen LogP contribution in [0.3, 0.4) is 0 Å². The maximum atomic E-state index is 9.84. The molecule has 0 saturated heterocycles. The highest BCUT2D eigenvalue weighted by molar-refractivity contribution is 6.60. The van der Waals surface area contributed by atoms with Gasteiger partial charge in [-0.2, -0.15) is 5.21 Å². The van der Waals surface area contributed by atoms with Crippen LogP contribution in [0.2, 0.25) is 0 Å². The van der Waals surface area contributed by atoms with Crippen LogP contribution in [0.25, 0.3) is 22.8 Å². The van der Waals surface area contributed by atoms with E-state index in [4.69, 9.17) is 5.10 Å². The minimum Gasteiger partial charge on any atom is -0.423 e. The van der Waals surface area contributed by atoms with Crippen LogP contribution in [-0.2, 0) is 5.54 Å². The van der Waals surface area contributed by atoms with E-state index < -0.39 is 12.7 Å². The normalized spacial score (nSPS) is 11.0. The molecule has 0 fully saturated rings. The molecule has 2 aromatic heterocycles. The lowest BCUT2D eigenvalue weighted by Gasteiger charge is -2.34. The molecule has 44 heavy (non-hydrogen) atoms. The first-order valence-electron chi connectivity index (χ1n) is 13.9. The van der Waals surface area contributed by atoms with Gasteiger partial charge in [0.05, 0.1) is 0 Å². The predicted molar refractivity (Wildman–Crippen MR) is 167 cm³/mol. The maximum Gasteiger partial charge on any atom is 0.489 e. The lowest BCUT2D eigenvalue weighted by atomic mass is 9.77. The minimum absolute atomic E-state index is 0.311. The highest BCUT2D eigenvalue weighted by Crippen LogP contribution is 2.39. The molecular formula is C33H27BN8O2. The van der Waals surface area contributed by atoms with Crippen molar-refractivity contribution in [2.24, 2.45) is 0 Å². The number of aromatic amines is 1. The summed E-state index contributed by atoms with van der Waals surface area (Å²) < 4.78 is 0. The second-order valence-corrected chi connectivity index (χ2v) is 9.77. The van der Waals surface area contributed by atoms with Gasteiger partial charge in [0.15, 0.2) is 5.54 Å². The molecule has 0 atom stereocenters. The van der Waals surface area contributed by atoms with Crippen molar-refractivity contribution in [2.45, 2.75) is 5.54 Å². The van der Waals surface area contributed by atoms with Gasteiger partial charge < -0.3 is 10.0 Å². The number of hydrogen-bond donors (Lipinski definition) is 3. The summed E-state index contributed by atoms with van der Waals surface area (Å²) in [5.41, 5.74) is 3.84. The number of nitrogens with one attached hydrogen (secondary N) is 1. The fourth-order valence-corrected chi connectivity index (χ4v) is 5.15. The molecule has 2 heterocycles. The van der Waals surface area contributed by atoms with Gasteiger partial charge in [0.2, 0.25) is 11.6 Å². The molecule has 10 nitrogen and oxygen atoms in total. The van der Waals surface area contributed by atoms with Gasteiger partial charge in [-0.15, -0.1) is 25.2 Å². The van der Waals surface area contributed by atoms with Crippen LogP contribution >= 0.6 is 0 Å². The maximum absolute atomic E-state index is 9.84. The molecular weight excluding hydrogens is 551 g/mol. The van der Waals surface area contributed by atoms with Crippen LogP contribution in [0.5, 0.6) is 0 Å². The summed E-state index contributed by atoms with van der Waals surface area (Å²) in [6.07, 6.45) is 0. The molecule has 0 aliphatic heterocycles. The summed E-state index contributed by atoms with van der Waals surface area (Å²) in [5.74, 6) is 0.941. The van der Waals surface area contributed by atoms with Gasteiger partial charge in [0, 0.05) is 11.1 Å². The molecule has 0 saturated carbocycles. The van der Waals surface area contributed by atoms with Crippen molar-refractivity contribution >= 4 is 12.6 Å². The van der Waals surface area contributed by atoms with Gasteiger partial charge in [-0.3, -0.25) is 0 Å². The first-order valence-corrected chi connectivity index (χ1v) is 13.9. The van der Waals surface area contributed by atoms with E-state index in [-0.39, 0.29) is 0 Å². The molecule has 3 N–H and O–H groups in total. The summed E-state index contributed by atoms with van der Waals surface area (Å²) in [5, 5.41) is 46.9. The van der Waals surface area contributed by atoms with E-state index in [1.165, 1.54) is 0 Å². The van der Waals surface area contributed by atoms with Crippen molar-refractivity contribution in [1.82, 2.24) is 40.8 Å². The van der Waals surface area contributed by atoms with Gasteiger partial charge in [-0.05, 0) is 32.6 Å². The zero-order valence-electron chi connectivity index (χ0n) is 23.5. The predicted octanol–water partition coefficient (Wildman–Crippen LogP) is 3.73. The number of benzene rings is 5. The SMILES string of the molecule is OB(O)c1ccccc1-c1nnn(C(c2ccccc2)(c2ccccc2)c2ccccc2)n1.c1ccc(-c2nn[nH]n2)cc1. The molecule has 0 unspecified atom stereocenters. The summed E-state index contributed by atoms with van der Waals surface area (Å²) in [6.45, 7) is 0. The van der Waals surface area contributed by atoms with E-state index in [0.717, 1.165) is 22.3 Å². The quantitative estimate of drug-likeness (QED) is 0.192. The monoisotopic (exact) mass is 578 g/mol. The van der Waals surface area contributed by atoms with Crippen LogP contribution in [0.15, 0.2) is 146 Å². The van der Waals surface area contributed by atoms with E-state index in [1.807, 2.05) is 84.9 Å². The highest BCUT2D eigenvalue weighted by Gasteiger charge is 2.41. The fraction of sp³-hybridized carbons (Fsp3) is 0.0303. The van der Waals surface area contributed by atoms with Crippen molar-refractivity contribution in [1.29, 1.82) is 0 Å². The van der Waals surface area contributed by atoms with Gasteiger partial charge in [-0.25, -0.2) is 0 Å². The number of H-pyrrole nitrogens is 1. The number of tetrazole rings is 2. The van der Waals surface area contributed by atoms with E-state index in [1.54, 1.807) is 29.1 Å². The Morgan fingerprint density at radius 1 is 0.568 bits per heavy atom. The molecule has 7 rings (SSSR count). The van der Waals surface area contributed by atoms with Crippen molar-refractivity contribution in [3.8, 4) is 22.8 Å². The van der Waals surface area contributed by atoms with Gasteiger partial charge in [-0.1, -0.05) is 146 Å². The van der Waals surface area contributed by atoms with Crippen LogP contribution < -0.4 is 5.46 Å². The van der Waals surface area contributed by atoms with E-state index in [0.29, 0.717) is 22.7 Å². The Hall–Kier alpha value is -5.78. The number of hydrogen-bond acceptors (Lipinski definition) is 8. The molecule has 214 valence electrons. The minimum atomic E-state index is -1.64. The van der Waals surface area contributed by atoms with Crippen molar-refractivity contribution < 1.29 is 10.0 Å². The molecule has 0 radical (unpaired) electrons. The first kappa shape index (κ1) is 28.3. The topological polar surface area (TPSA) is 139 Å². The molecule has 0 aliphatic carbocycles. The van der Waals surface area contributed by atoms with Crippen LogP contribution in [-0.4, -0.2) is 58.0 Å². The van der Waals surface area contributed by atoms with Crippen molar-refractivity contribution in [3.05, 3.63) is 162 Å². The molecule has 0 aliphatic rings. The average molecular weight is 578 g/mol. The van der Waals surface area contributed by atoms with E-state index >= 15 is 0 Å². The molecule has 5 aromatic carbocycles. The summed E-state index contributed by atoms with van der Waals surface area (Å²) >= 11 is 0. The molecule has 0 spiro atoms. The third-order valence-electron chi connectivity index (χ3n) is 7.15.